The first kappa shape index (κ1) is 27.5. The van der Waals surface area contributed by atoms with Gasteiger partial charge in [-0.1, -0.05) is 13.2 Å². The Morgan fingerprint density at radius 1 is 1.00 bits per heavy atom. The largest absolute Gasteiger partial charge is 0.464 e. The van der Waals surface area contributed by atoms with Crippen LogP contribution in [0.2, 0.25) is 0 Å². The van der Waals surface area contributed by atoms with E-state index in [1.54, 1.807) is 11.9 Å². The number of amides is 3. The number of piperidine rings is 1. The molecule has 0 spiro atoms. The van der Waals surface area contributed by atoms with Crippen LogP contribution in [0.15, 0.2) is 36.4 Å². The van der Waals surface area contributed by atoms with Crippen molar-refractivity contribution in [2.75, 3.05) is 27.2 Å². The average Bonchev–Trinajstić information content (AvgIpc) is 2.74. The fourth-order valence-corrected chi connectivity index (χ4v) is 2.70. The molecule has 33 heavy (non-hydrogen) atoms. The number of ether oxygens (including phenoxy) is 2. The van der Waals surface area contributed by atoms with Gasteiger partial charge in [-0.25, -0.2) is 15.0 Å². The molecule has 1 aliphatic rings. The van der Waals surface area contributed by atoms with Crippen LogP contribution in [0.4, 0.5) is 4.79 Å². The van der Waals surface area contributed by atoms with Gasteiger partial charge in [-0.05, 0) is 33.6 Å². The number of hydrogen-bond donors (Lipinski definition) is 5. The smallest absolute Gasteiger partial charge is 0.410 e. The Kier molecular flexibility index (Phi) is 10.4. The van der Waals surface area contributed by atoms with Crippen LogP contribution >= 0.6 is 0 Å². The quantitative estimate of drug-likeness (QED) is 0.179. The highest BCUT2D eigenvalue weighted by Gasteiger charge is 2.26. The van der Waals surface area contributed by atoms with E-state index in [9.17, 15) is 19.2 Å². The van der Waals surface area contributed by atoms with Gasteiger partial charge in [0.2, 0.25) is 0 Å². The zero-order chi connectivity index (χ0) is 25.2. The third-order valence-corrected chi connectivity index (χ3v) is 4.35. The van der Waals surface area contributed by atoms with E-state index in [1.165, 1.54) is 6.20 Å². The third-order valence-electron chi connectivity index (χ3n) is 4.35. The highest BCUT2D eigenvalue weighted by molar-refractivity contribution is 6.04. The molecule has 0 atom stereocenters. The minimum absolute atomic E-state index is 0.0278. The third kappa shape index (κ3) is 9.64. The number of methoxy groups -OCH3 is 1. The van der Waals surface area contributed by atoms with E-state index in [-0.39, 0.29) is 29.2 Å². The fourth-order valence-electron chi connectivity index (χ4n) is 2.70. The summed E-state index contributed by atoms with van der Waals surface area (Å²) >= 11 is 0. The van der Waals surface area contributed by atoms with E-state index in [0.717, 1.165) is 7.11 Å². The summed E-state index contributed by atoms with van der Waals surface area (Å²) in [5.41, 5.74) is 4.27. The molecule has 12 heteroatoms. The number of carbonyl (C=O) groups excluding carboxylic acids is 4. The van der Waals surface area contributed by atoms with Gasteiger partial charge in [-0.3, -0.25) is 9.59 Å². The molecule has 1 aliphatic heterocycles. The van der Waals surface area contributed by atoms with Gasteiger partial charge < -0.3 is 35.7 Å². The molecule has 3 amide bonds. The minimum atomic E-state index is -0.818. The number of rotatable bonds is 9. The van der Waals surface area contributed by atoms with Crippen molar-refractivity contribution in [2.45, 2.75) is 45.3 Å². The molecule has 1 fully saturated rings. The zero-order valence-corrected chi connectivity index (χ0v) is 19.8. The monoisotopic (exact) mass is 466 g/mol. The number of hydrazine groups is 1. The molecule has 0 saturated carbocycles. The Morgan fingerprint density at radius 2 is 1.58 bits per heavy atom. The predicted molar refractivity (Wildman–Crippen MR) is 121 cm³/mol. The van der Waals surface area contributed by atoms with Gasteiger partial charge >= 0.3 is 12.1 Å². The normalized spacial score (nSPS) is 14.6. The van der Waals surface area contributed by atoms with E-state index >= 15 is 0 Å². The van der Waals surface area contributed by atoms with Gasteiger partial charge in [-0.15, -0.1) is 0 Å². The van der Waals surface area contributed by atoms with Gasteiger partial charge in [-0.2, -0.15) is 0 Å². The molecule has 0 bridgehead atoms. The van der Waals surface area contributed by atoms with Crippen molar-refractivity contribution in [2.24, 2.45) is 0 Å². The molecule has 0 aliphatic carbocycles. The summed E-state index contributed by atoms with van der Waals surface area (Å²) in [6, 6.07) is 0.0278. The van der Waals surface area contributed by atoms with E-state index < -0.39 is 23.4 Å². The van der Waals surface area contributed by atoms with E-state index in [0.29, 0.717) is 25.9 Å². The Morgan fingerprint density at radius 3 is 2.09 bits per heavy atom. The minimum Gasteiger partial charge on any atom is -0.464 e. The molecule has 12 nitrogen and oxygen atoms in total. The van der Waals surface area contributed by atoms with Crippen molar-refractivity contribution >= 4 is 23.9 Å². The van der Waals surface area contributed by atoms with Crippen molar-refractivity contribution in [3.05, 3.63) is 36.4 Å². The lowest BCUT2D eigenvalue weighted by atomic mass is 10.1. The summed E-state index contributed by atoms with van der Waals surface area (Å²) in [7, 11) is 2.72. The van der Waals surface area contributed by atoms with Crippen molar-refractivity contribution in [3.8, 4) is 0 Å². The lowest BCUT2D eigenvalue weighted by Gasteiger charge is -2.33. The van der Waals surface area contributed by atoms with Crippen molar-refractivity contribution in [1.29, 1.82) is 0 Å². The second kappa shape index (κ2) is 12.5. The van der Waals surface area contributed by atoms with E-state index in [2.05, 4.69) is 44.7 Å². The summed E-state index contributed by atoms with van der Waals surface area (Å²) in [6.45, 7) is 13.4. The second-order valence-corrected chi connectivity index (χ2v) is 8.20. The second-order valence-electron chi connectivity index (χ2n) is 8.20. The molecule has 1 heterocycles. The number of hydrogen-bond acceptors (Lipinski definition) is 9. The zero-order valence-electron chi connectivity index (χ0n) is 19.8. The standard InChI is InChI=1S/C21H34N6O6/c1-13(17(28)25-14(2)19(30)32-7)24-18(29)16(26-22-6)12-23-15-8-10-27(11-9-15)20(31)33-21(3,4)5/h12,15,22-23,26H,1-2,8-11H2,3-7H3,(H,24,29)(H,25,28)/b16-12-. The fraction of sp³-hybridized carbons (Fsp3) is 0.524. The Bertz CT molecular complexity index is 809. The molecule has 5 N–H and O–H groups in total. The molecule has 0 aromatic rings. The lowest BCUT2D eigenvalue weighted by molar-refractivity contribution is -0.137. The van der Waals surface area contributed by atoms with Crippen LogP contribution in [0.3, 0.4) is 0 Å². The summed E-state index contributed by atoms with van der Waals surface area (Å²) in [5.74, 6) is -2.28. The number of nitrogens with one attached hydrogen (secondary N) is 5. The highest BCUT2D eigenvalue weighted by Crippen LogP contribution is 2.15. The molecule has 1 saturated heterocycles. The molecule has 0 aromatic carbocycles. The number of nitrogens with zero attached hydrogens (tertiary/aromatic N) is 1. The van der Waals surface area contributed by atoms with Crippen LogP contribution in [-0.2, 0) is 23.9 Å². The summed E-state index contributed by atoms with van der Waals surface area (Å²) in [5, 5.41) is 7.66. The molecule has 0 aromatic heterocycles. The first-order chi connectivity index (χ1) is 15.4. The Labute approximate surface area is 193 Å². The Balaban J connectivity index is 2.62. The van der Waals surface area contributed by atoms with E-state index in [4.69, 9.17) is 4.74 Å². The molecule has 0 unspecified atom stereocenters. The summed E-state index contributed by atoms with van der Waals surface area (Å²) in [4.78, 5) is 49.7. The van der Waals surface area contributed by atoms with Gasteiger partial charge in [0.05, 0.1) is 12.8 Å². The van der Waals surface area contributed by atoms with Gasteiger partial charge in [0.15, 0.2) is 0 Å². The number of carbonyl (C=O) groups is 4. The average molecular weight is 467 g/mol. The summed E-state index contributed by atoms with van der Waals surface area (Å²) < 4.78 is 9.83. The number of likely N-dealkylation sites (tertiary alicyclic amines) is 1. The maximum Gasteiger partial charge on any atom is 0.410 e. The topological polar surface area (TPSA) is 150 Å². The maximum atomic E-state index is 12.5. The molecular weight excluding hydrogens is 432 g/mol. The highest BCUT2D eigenvalue weighted by atomic mass is 16.6. The van der Waals surface area contributed by atoms with Crippen molar-refractivity contribution in [3.63, 3.8) is 0 Å². The van der Waals surface area contributed by atoms with E-state index in [1.807, 2.05) is 20.8 Å². The molecule has 1 rings (SSSR count). The Hall–Kier alpha value is -3.54. The number of esters is 1. The van der Waals surface area contributed by atoms with Gasteiger partial charge in [0.1, 0.15) is 17.0 Å². The first-order valence-electron chi connectivity index (χ1n) is 10.3. The predicted octanol–water partition coefficient (Wildman–Crippen LogP) is -0.0263. The maximum absolute atomic E-state index is 12.5. The van der Waals surface area contributed by atoms with Crippen LogP contribution in [0, 0.1) is 0 Å². The van der Waals surface area contributed by atoms with Gasteiger partial charge in [0.25, 0.3) is 11.8 Å². The molecule has 184 valence electrons. The summed E-state index contributed by atoms with van der Waals surface area (Å²) in [6.07, 6.45) is 2.45. The van der Waals surface area contributed by atoms with Crippen LogP contribution in [0.1, 0.15) is 33.6 Å². The van der Waals surface area contributed by atoms with Crippen molar-refractivity contribution in [1.82, 2.24) is 31.7 Å². The van der Waals surface area contributed by atoms with Crippen LogP contribution < -0.4 is 26.8 Å². The van der Waals surface area contributed by atoms with Crippen molar-refractivity contribution < 1.29 is 28.7 Å². The van der Waals surface area contributed by atoms with Gasteiger partial charge in [0, 0.05) is 32.4 Å². The SMILES string of the molecule is C=C(NC(=O)/C(=C/NC1CCN(C(=O)OC(C)(C)C)CC1)NNC)C(=O)NC(=C)C(=O)OC. The van der Waals surface area contributed by atoms with Crippen LogP contribution in [-0.4, -0.2) is 67.7 Å². The first-order valence-corrected chi connectivity index (χ1v) is 10.3. The van der Waals surface area contributed by atoms with Crippen LogP contribution in [0.5, 0.6) is 0 Å². The molecular formula is C21H34N6O6. The molecule has 0 radical (unpaired) electrons. The van der Waals surface area contributed by atoms with Crippen LogP contribution in [0.25, 0.3) is 0 Å². The lowest BCUT2D eigenvalue weighted by Crippen LogP contribution is -2.46.